The maximum atomic E-state index is 10.9. The molecule has 0 aromatic carbocycles. The van der Waals surface area contributed by atoms with Crippen LogP contribution < -0.4 is 11.1 Å². The van der Waals surface area contributed by atoms with E-state index in [4.69, 9.17) is 5.11 Å². The molecule has 8 heteroatoms. The summed E-state index contributed by atoms with van der Waals surface area (Å²) in [5.41, 5.74) is -1.75. The number of aliphatic carboxylic acids is 1. The predicted octanol–water partition coefficient (Wildman–Crippen LogP) is -0.966. The van der Waals surface area contributed by atoms with Crippen molar-refractivity contribution in [3.05, 3.63) is 20.7 Å². The van der Waals surface area contributed by atoms with Crippen molar-refractivity contribution >= 4 is 17.7 Å². The van der Waals surface area contributed by atoms with Crippen molar-refractivity contribution in [3.63, 3.8) is 0 Å². The van der Waals surface area contributed by atoms with Gasteiger partial charge in [0.15, 0.2) is 5.16 Å². The molecule has 82 valence electrons. The number of aromatic amines is 1. The van der Waals surface area contributed by atoms with Crippen molar-refractivity contribution in [2.45, 2.75) is 17.3 Å². The van der Waals surface area contributed by atoms with Gasteiger partial charge in [0.2, 0.25) is 0 Å². The van der Waals surface area contributed by atoms with Gasteiger partial charge in [0.25, 0.3) is 0 Å². The van der Waals surface area contributed by atoms with Crippen LogP contribution in [0.1, 0.15) is 6.92 Å². The van der Waals surface area contributed by atoms with Crippen LogP contribution in [0.25, 0.3) is 0 Å². The van der Waals surface area contributed by atoms with Gasteiger partial charge in [0.05, 0.1) is 0 Å². The fourth-order valence-electron chi connectivity index (χ4n) is 0.775. The molecule has 0 fully saturated rings. The zero-order valence-electron chi connectivity index (χ0n) is 8.05. The summed E-state index contributed by atoms with van der Waals surface area (Å²) >= 11 is 0.883. The highest BCUT2D eigenvalue weighted by molar-refractivity contribution is 8.00. The van der Waals surface area contributed by atoms with Gasteiger partial charge in [0.1, 0.15) is 5.25 Å². The van der Waals surface area contributed by atoms with Gasteiger partial charge in [-0.1, -0.05) is 11.8 Å². The molecule has 0 aliphatic heterocycles. The molecule has 1 unspecified atom stereocenters. The molecule has 1 heterocycles. The fourth-order valence-corrected chi connectivity index (χ4v) is 1.53. The van der Waals surface area contributed by atoms with Crippen molar-refractivity contribution in [2.24, 2.45) is 7.05 Å². The van der Waals surface area contributed by atoms with E-state index in [2.05, 4.69) is 10.1 Å². The minimum Gasteiger partial charge on any atom is -0.480 e. The fraction of sp³-hybridized carbons (Fsp3) is 0.429. The van der Waals surface area contributed by atoms with Crippen molar-refractivity contribution in [1.29, 1.82) is 0 Å². The molecule has 2 N–H and O–H groups in total. The van der Waals surface area contributed by atoms with Gasteiger partial charge in [0, 0.05) is 7.05 Å². The first-order chi connectivity index (χ1) is 6.91. The highest BCUT2D eigenvalue weighted by atomic mass is 32.2. The van der Waals surface area contributed by atoms with Crippen LogP contribution >= 0.6 is 11.8 Å². The number of aryl methyl sites for hydroxylation is 1. The second-order valence-corrected chi connectivity index (χ2v) is 4.11. The number of rotatable bonds is 3. The Balaban J connectivity index is 3.06. The van der Waals surface area contributed by atoms with Gasteiger partial charge in [-0.25, -0.2) is 0 Å². The topological polar surface area (TPSA) is 105 Å². The molecule has 7 nitrogen and oxygen atoms in total. The molecule has 0 saturated heterocycles. The van der Waals surface area contributed by atoms with Crippen molar-refractivity contribution in [1.82, 2.24) is 14.8 Å². The molecule has 0 bridgehead atoms. The van der Waals surface area contributed by atoms with Crippen LogP contribution in [0.15, 0.2) is 14.7 Å². The second kappa shape index (κ2) is 4.30. The molecule has 0 saturated carbocycles. The van der Waals surface area contributed by atoms with Crippen molar-refractivity contribution in [2.75, 3.05) is 0 Å². The maximum Gasteiger partial charge on any atom is 0.339 e. The number of carboxylic acid groups (broad SMARTS) is 1. The van der Waals surface area contributed by atoms with Gasteiger partial charge in [-0.2, -0.15) is 4.98 Å². The lowest BCUT2D eigenvalue weighted by molar-refractivity contribution is -0.136. The monoisotopic (exact) mass is 231 g/mol. The molecular formula is C7H9N3O4S. The third kappa shape index (κ3) is 2.69. The van der Waals surface area contributed by atoms with E-state index >= 15 is 0 Å². The van der Waals surface area contributed by atoms with E-state index in [0.717, 1.165) is 11.8 Å². The zero-order chi connectivity index (χ0) is 11.6. The number of hydrogen-bond donors (Lipinski definition) is 2. The molecule has 1 aromatic heterocycles. The molecule has 1 rings (SSSR count). The Hall–Kier alpha value is -1.57. The molecule has 0 aliphatic rings. The number of thioether (sulfide) groups is 1. The molecular weight excluding hydrogens is 222 g/mol. The lowest BCUT2D eigenvalue weighted by atomic mass is 10.5. The van der Waals surface area contributed by atoms with Crippen molar-refractivity contribution < 1.29 is 9.90 Å². The number of nitrogens with zero attached hydrogens (tertiary/aromatic N) is 2. The first-order valence-corrected chi connectivity index (χ1v) is 4.86. The summed E-state index contributed by atoms with van der Waals surface area (Å²) in [6, 6.07) is 0. The number of H-pyrrole nitrogens is 1. The minimum absolute atomic E-state index is 0.162. The summed E-state index contributed by atoms with van der Waals surface area (Å²) in [7, 11) is 1.48. The van der Waals surface area contributed by atoms with E-state index in [1.165, 1.54) is 18.7 Å². The van der Waals surface area contributed by atoms with E-state index in [1.54, 1.807) is 0 Å². The number of hydrogen-bond acceptors (Lipinski definition) is 5. The molecule has 1 aromatic rings. The van der Waals surface area contributed by atoms with E-state index in [9.17, 15) is 14.4 Å². The summed E-state index contributed by atoms with van der Waals surface area (Å²) < 4.78 is 1.22. The second-order valence-electron chi connectivity index (χ2n) is 2.80. The van der Waals surface area contributed by atoms with Gasteiger partial charge in [-0.15, -0.1) is 0 Å². The molecule has 1 atom stereocenters. The number of carboxylic acids is 1. The van der Waals surface area contributed by atoms with Crippen LogP contribution in [0, 0.1) is 0 Å². The zero-order valence-corrected chi connectivity index (χ0v) is 8.87. The van der Waals surface area contributed by atoms with Crippen LogP contribution in [0.5, 0.6) is 0 Å². The van der Waals surface area contributed by atoms with E-state index in [1.807, 2.05) is 0 Å². The SMILES string of the molecule is CC(Sc1nc(=O)c(=O)[nH]n1C)C(=O)O. The maximum absolute atomic E-state index is 10.9. The first-order valence-electron chi connectivity index (χ1n) is 3.98. The summed E-state index contributed by atoms with van der Waals surface area (Å²) in [5, 5.41) is 10.3. The quantitative estimate of drug-likeness (QED) is 0.512. The highest BCUT2D eigenvalue weighted by Gasteiger charge is 2.15. The average molecular weight is 231 g/mol. The number of carbonyl (C=O) groups is 1. The largest absolute Gasteiger partial charge is 0.480 e. The standard InChI is InChI=1S/C7H9N3O4S/c1-3(6(13)14)15-7-8-4(11)5(12)9-10(7)2/h3H,1-2H3,(H,9,12)(H,13,14). The van der Waals surface area contributed by atoms with E-state index < -0.39 is 22.3 Å². The average Bonchev–Trinajstić information content (AvgIpc) is 2.13. The van der Waals surface area contributed by atoms with Crippen LogP contribution in [-0.2, 0) is 11.8 Å². The van der Waals surface area contributed by atoms with Crippen LogP contribution in [0.4, 0.5) is 0 Å². The summed E-state index contributed by atoms with van der Waals surface area (Å²) in [5.74, 6) is -1.01. The van der Waals surface area contributed by atoms with Gasteiger partial charge in [-0.3, -0.25) is 24.2 Å². The molecule has 0 amide bonds. The third-order valence-electron chi connectivity index (χ3n) is 1.58. The van der Waals surface area contributed by atoms with Gasteiger partial charge >= 0.3 is 17.1 Å². The summed E-state index contributed by atoms with van der Waals surface area (Å²) in [4.78, 5) is 35.8. The molecule has 0 radical (unpaired) electrons. The minimum atomic E-state index is -1.01. The van der Waals surface area contributed by atoms with Crippen LogP contribution in [0.3, 0.4) is 0 Å². The van der Waals surface area contributed by atoms with Gasteiger partial charge < -0.3 is 5.11 Å². The van der Waals surface area contributed by atoms with Gasteiger partial charge in [-0.05, 0) is 6.92 Å². The summed E-state index contributed by atoms with van der Waals surface area (Å²) in [6.45, 7) is 1.46. The van der Waals surface area contributed by atoms with Crippen molar-refractivity contribution in [3.8, 4) is 0 Å². The number of nitrogens with one attached hydrogen (secondary N) is 1. The Morgan fingerprint density at radius 1 is 1.60 bits per heavy atom. The first kappa shape index (κ1) is 11.5. The molecule has 0 aliphatic carbocycles. The third-order valence-corrected chi connectivity index (χ3v) is 2.71. The summed E-state index contributed by atoms with van der Waals surface area (Å²) in [6.07, 6.45) is 0. The Kier molecular flexibility index (Phi) is 3.30. The van der Waals surface area contributed by atoms with Crippen LogP contribution in [0.2, 0.25) is 0 Å². The number of aromatic nitrogens is 3. The smallest absolute Gasteiger partial charge is 0.339 e. The predicted molar refractivity (Wildman–Crippen MR) is 53.1 cm³/mol. The normalized spacial score (nSPS) is 12.4. The molecule has 15 heavy (non-hydrogen) atoms. The Labute approximate surface area is 88.1 Å². The van der Waals surface area contributed by atoms with Crippen LogP contribution in [-0.4, -0.2) is 31.1 Å². The Morgan fingerprint density at radius 2 is 2.20 bits per heavy atom. The van der Waals surface area contributed by atoms with E-state index in [-0.39, 0.29) is 5.16 Å². The highest BCUT2D eigenvalue weighted by Crippen LogP contribution is 2.18. The Morgan fingerprint density at radius 3 is 2.73 bits per heavy atom. The molecule has 0 spiro atoms. The lowest BCUT2D eigenvalue weighted by Crippen LogP contribution is -2.34. The Bertz CT molecular complexity index is 492. The van der Waals surface area contributed by atoms with E-state index in [0.29, 0.717) is 0 Å². The lowest BCUT2D eigenvalue weighted by Gasteiger charge is -2.07.